The maximum absolute atomic E-state index is 4.50. The second-order valence-electron chi connectivity index (χ2n) is 6.20. The normalized spacial score (nSPS) is 12.8. The largest absolute Gasteiger partial charge is 0.356 e. The highest BCUT2D eigenvalue weighted by atomic mass is 127. The van der Waals surface area contributed by atoms with Crippen molar-refractivity contribution in [2.75, 3.05) is 33.2 Å². The molecule has 7 heteroatoms. The van der Waals surface area contributed by atoms with Gasteiger partial charge >= 0.3 is 0 Å². The van der Waals surface area contributed by atoms with Crippen LogP contribution in [0.15, 0.2) is 10.4 Å². The monoisotopic (exact) mass is 481 g/mol. The van der Waals surface area contributed by atoms with Crippen LogP contribution in [-0.4, -0.2) is 55.1 Å². The van der Waals surface area contributed by atoms with Gasteiger partial charge in [0.15, 0.2) is 5.96 Å². The summed E-state index contributed by atoms with van der Waals surface area (Å²) in [4.78, 5) is 11.3. The van der Waals surface area contributed by atoms with Crippen LogP contribution in [0, 0.1) is 6.92 Å². The zero-order valence-corrected chi connectivity index (χ0v) is 19.6. The third-order valence-electron chi connectivity index (χ3n) is 4.14. The molecule has 0 aliphatic carbocycles. The van der Waals surface area contributed by atoms with Gasteiger partial charge in [-0.15, -0.1) is 35.3 Å². The van der Waals surface area contributed by atoms with Crippen LogP contribution in [0.2, 0.25) is 0 Å². The number of aryl methyl sites for hydroxylation is 2. The van der Waals surface area contributed by atoms with E-state index in [0.717, 1.165) is 50.6 Å². The lowest BCUT2D eigenvalue weighted by Gasteiger charge is -2.21. The third kappa shape index (κ3) is 11.0. The maximum atomic E-state index is 4.50. The fourth-order valence-corrected chi connectivity index (χ4v) is 3.44. The molecule has 1 heterocycles. The second kappa shape index (κ2) is 14.7. The van der Waals surface area contributed by atoms with Crippen molar-refractivity contribution in [2.24, 2.45) is 4.99 Å². The molecular formula is C18H36IN5S. The van der Waals surface area contributed by atoms with Gasteiger partial charge in [-0.3, -0.25) is 4.99 Å². The van der Waals surface area contributed by atoms with E-state index >= 15 is 0 Å². The van der Waals surface area contributed by atoms with Gasteiger partial charge in [-0.05, 0) is 52.7 Å². The first-order chi connectivity index (χ1) is 11.6. The molecule has 1 rings (SSSR count). The minimum absolute atomic E-state index is 0. The Morgan fingerprint density at radius 2 is 2.04 bits per heavy atom. The molecule has 1 atom stereocenters. The van der Waals surface area contributed by atoms with Crippen molar-refractivity contribution >= 4 is 41.3 Å². The summed E-state index contributed by atoms with van der Waals surface area (Å²) in [6, 6.07) is 0.438. The van der Waals surface area contributed by atoms with E-state index in [0.29, 0.717) is 6.04 Å². The highest BCUT2D eigenvalue weighted by Crippen LogP contribution is 2.10. The molecule has 1 unspecified atom stereocenters. The van der Waals surface area contributed by atoms with Gasteiger partial charge < -0.3 is 15.5 Å². The van der Waals surface area contributed by atoms with Gasteiger partial charge in [0.1, 0.15) is 0 Å². The predicted octanol–water partition coefficient (Wildman–Crippen LogP) is 3.68. The van der Waals surface area contributed by atoms with E-state index in [2.05, 4.69) is 51.7 Å². The molecule has 2 N–H and O–H groups in total. The van der Waals surface area contributed by atoms with Crippen molar-refractivity contribution in [3.63, 3.8) is 0 Å². The second-order valence-corrected chi connectivity index (χ2v) is 7.14. The van der Waals surface area contributed by atoms with Gasteiger partial charge in [0, 0.05) is 37.1 Å². The Morgan fingerprint density at radius 3 is 2.60 bits per heavy atom. The molecule has 0 aromatic carbocycles. The van der Waals surface area contributed by atoms with Gasteiger partial charge in [0.25, 0.3) is 0 Å². The van der Waals surface area contributed by atoms with Crippen LogP contribution >= 0.6 is 35.3 Å². The number of aliphatic imine (C=N–C) groups is 1. The van der Waals surface area contributed by atoms with Crippen molar-refractivity contribution in [1.29, 1.82) is 0 Å². The van der Waals surface area contributed by atoms with Crippen molar-refractivity contribution < 1.29 is 0 Å². The lowest BCUT2D eigenvalue weighted by molar-refractivity contribution is 0.292. The first-order valence-electron chi connectivity index (χ1n) is 9.19. The van der Waals surface area contributed by atoms with Gasteiger partial charge in [0.2, 0.25) is 0 Å². The van der Waals surface area contributed by atoms with Gasteiger partial charge in [0.05, 0.1) is 5.01 Å². The highest BCUT2D eigenvalue weighted by Gasteiger charge is 2.06. The van der Waals surface area contributed by atoms with E-state index in [9.17, 15) is 0 Å². The fraction of sp³-hybridized carbons (Fsp3) is 0.778. The maximum Gasteiger partial charge on any atom is 0.191 e. The number of hydrogen-bond acceptors (Lipinski definition) is 4. The molecule has 0 radical (unpaired) electrons. The summed E-state index contributed by atoms with van der Waals surface area (Å²) >= 11 is 1.75. The SMILES string of the molecule is CCN(CC)CCCC(C)NC(=NC)NCCCc1nc(C)cs1.I. The average Bonchev–Trinajstić information content (AvgIpc) is 2.99. The smallest absolute Gasteiger partial charge is 0.191 e. The number of guanidine groups is 1. The first kappa shape index (κ1) is 24.6. The zero-order chi connectivity index (χ0) is 17.8. The Bertz CT molecular complexity index is 474. The lowest BCUT2D eigenvalue weighted by atomic mass is 10.2. The van der Waals surface area contributed by atoms with E-state index in [1.165, 1.54) is 18.0 Å². The highest BCUT2D eigenvalue weighted by molar-refractivity contribution is 14.0. The molecule has 1 aromatic rings. The quantitative estimate of drug-likeness (QED) is 0.219. The van der Waals surface area contributed by atoms with Crippen molar-refractivity contribution in [3.05, 3.63) is 16.1 Å². The van der Waals surface area contributed by atoms with E-state index < -0.39 is 0 Å². The summed E-state index contributed by atoms with van der Waals surface area (Å²) in [5.74, 6) is 0.903. The van der Waals surface area contributed by atoms with Gasteiger partial charge in [-0.2, -0.15) is 0 Å². The Labute approximate surface area is 175 Å². The first-order valence-corrected chi connectivity index (χ1v) is 10.1. The molecule has 0 amide bonds. The van der Waals surface area contributed by atoms with Gasteiger partial charge in [-0.1, -0.05) is 13.8 Å². The zero-order valence-electron chi connectivity index (χ0n) is 16.5. The topological polar surface area (TPSA) is 52.5 Å². The number of rotatable bonds is 11. The molecule has 25 heavy (non-hydrogen) atoms. The number of nitrogens with zero attached hydrogens (tertiary/aromatic N) is 3. The van der Waals surface area contributed by atoms with Crippen molar-refractivity contribution in [2.45, 2.75) is 59.4 Å². The van der Waals surface area contributed by atoms with Crippen LogP contribution in [0.5, 0.6) is 0 Å². The van der Waals surface area contributed by atoms with E-state index in [4.69, 9.17) is 0 Å². The Morgan fingerprint density at radius 1 is 1.32 bits per heavy atom. The van der Waals surface area contributed by atoms with Crippen LogP contribution in [0.4, 0.5) is 0 Å². The molecule has 0 spiro atoms. The molecule has 146 valence electrons. The summed E-state index contributed by atoms with van der Waals surface area (Å²) in [6.07, 6.45) is 4.48. The van der Waals surface area contributed by atoms with Crippen molar-refractivity contribution in [1.82, 2.24) is 20.5 Å². The van der Waals surface area contributed by atoms with E-state index in [1.54, 1.807) is 11.3 Å². The third-order valence-corrected chi connectivity index (χ3v) is 5.17. The molecule has 0 saturated heterocycles. The van der Waals surface area contributed by atoms with E-state index in [-0.39, 0.29) is 24.0 Å². The molecule has 0 saturated carbocycles. The molecule has 0 bridgehead atoms. The predicted molar refractivity (Wildman–Crippen MR) is 122 cm³/mol. The lowest BCUT2D eigenvalue weighted by Crippen LogP contribution is -2.42. The average molecular weight is 481 g/mol. The minimum Gasteiger partial charge on any atom is -0.356 e. The van der Waals surface area contributed by atoms with E-state index in [1.807, 2.05) is 14.0 Å². The summed E-state index contributed by atoms with van der Waals surface area (Å²) in [7, 11) is 1.84. The Hall–Kier alpha value is -0.410. The standard InChI is InChI=1S/C18H35N5S.HI/c1-6-23(7-2)13-9-10-15(3)22-18(19-5)20-12-8-11-17-21-16(4)14-24-17;/h14-15H,6-13H2,1-5H3,(H2,19,20,22);1H. The number of hydrogen-bond donors (Lipinski definition) is 2. The molecular weight excluding hydrogens is 445 g/mol. The fourth-order valence-electron chi connectivity index (χ4n) is 2.63. The number of halogens is 1. The van der Waals surface area contributed by atoms with Crippen LogP contribution in [0.3, 0.4) is 0 Å². The van der Waals surface area contributed by atoms with Gasteiger partial charge in [-0.25, -0.2) is 4.98 Å². The Balaban J connectivity index is 0.00000576. The van der Waals surface area contributed by atoms with Crippen LogP contribution in [0.1, 0.15) is 50.7 Å². The summed E-state index contributed by atoms with van der Waals surface area (Å²) in [6.45, 7) is 13.1. The molecule has 5 nitrogen and oxygen atoms in total. The number of nitrogens with one attached hydrogen (secondary N) is 2. The summed E-state index contributed by atoms with van der Waals surface area (Å²) < 4.78 is 0. The van der Waals surface area contributed by atoms with Crippen LogP contribution < -0.4 is 10.6 Å². The Kier molecular flexibility index (Phi) is 14.5. The van der Waals surface area contributed by atoms with Crippen LogP contribution in [0.25, 0.3) is 0 Å². The minimum atomic E-state index is 0. The van der Waals surface area contributed by atoms with Crippen LogP contribution in [-0.2, 0) is 6.42 Å². The summed E-state index contributed by atoms with van der Waals surface area (Å²) in [5, 5.41) is 10.2. The summed E-state index contributed by atoms with van der Waals surface area (Å²) in [5.41, 5.74) is 1.12. The molecule has 0 aliphatic heterocycles. The molecule has 0 aliphatic rings. The number of aromatic nitrogens is 1. The molecule has 0 fully saturated rings. The van der Waals surface area contributed by atoms with Crippen molar-refractivity contribution in [3.8, 4) is 0 Å². The molecule has 1 aromatic heterocycles. The number of thiazole rings is 1.